The smallest absolute Gasteiger partial charge is 0.312 e. The summed E-state index contributed by atoms with van der Waals surface area (Å²) in [6, 6.07) is 10.8. The van der Waals surface area contributed by atoms with Crippen molar-refractivity contribution in [3.8, 4) is 0 Å². The summed E-state index contributed by atoms with van der Waals surface area (Å²) < 4.78 is 18.3. The molecule has 5 nitrogen and oxygen atoms in total. The highest BCUT2D eigenvalue weighted by atomic mass is 19.1. The Morgan fingerprint density at radius 2 is 1.82 bits per heavy atom. The number of aryl methyl sites for hydroxylation is 1. The molecule has 0 unspecified atom stereocenters. The van der Waals surface area contributed by atoms with Crippen LogP contribution in [0, 0.1) is 25.6 Å². The number of hydrogen-bond acceptors (Lipinski definition) is 4. The van der Waals surface area contributed by atoms with Gasteiger partial charge in [-0.3, -0.25) is 14.4 Å². The number of benzene rings is 2. The maximum Gasteiger partial charge on any atom is 0.312 e. The van der Waals surface area contributed by atoms with Crippen molar-refractivity contribution < 1.29 is 23.5 Å². The number of amides is 1. The third-order valence-electron chi connectivity index (χ3n) is 5.12. The zero-order valence-electron chi connectivity index (χ0n) is 16.1. The van der Waals surface area contributed by atoms with Gasteiger partial charge in [-0.05, 0) is 62.2 Å². The molecule has 0 spiro atoms. The number of rotatable bonds is 5. The molecule has 28 heavy (non-hydrogen) atoms. The molecule has 0 radical (unpaired) electrons. The van der Waals surface area contributed by atoms with Crippen LogP contribution in [0.1, 0.15) is 34.8 Å². The van der Waals surface area contributed by atoms with Crippen LogP contribution in [-0.2, 0) is 14.3 Å². The second kappa shape index (κ2) is 7.92. The number of nitrogens with zero attached hydrogens (tertiary/aromatic N) is 1. The molecule has 1 aliphatic rings. The van der Waals surface area contributed by atoms with Crippen LogP contribution in [0.25, 0.3) is 0 Å². The number of carbonyl (C=O) groups is 3. The summed E-state index contributed by atoms with van der Waals surface area (Å²) in [5, 5.41) is 0. The molecule has 146 valence electrons. The Labute approximate surface area is 163 Å². The quantitative estimate of drug-likeness (QED) is 0.584. The minimum absolute atomic E-state index is 0.0453. The minimum atomic E-state index is -1.01. The molecular weight excluding hydrogens is 361 g/mol. The first kappa shape index (κ1) is 19.7. The van der Waals surface area contributed by atoms with Gasteiger partial charge in [0.2, 0.25) is 11.7 Å². The zero-order valence-corrected chi connectivity index (χ0v) is 16.1. The van der Waals surface area contributed by atoms with Crippen molar-refractivity contribution >= 4 is 23.3 Å². The molecule has 0 aromatic heterocycles. The second-order valence-electron chi connectivity index (χ2n) is 7.07. The number of carbonyl (C=O) groups excluding carboxylic acids is 3. The van der Waals surface area contributed by atoms with E-state index >= 15 is 0 Å². The predicted molar refractivity (Wildman–Crippen MR) is 103 cm³/mol. The van der Waals surface area contributed by atoms with Gasteiger partial charge in [-0.25, -0.2) is 4.39 Å². The lowest BCUT2D eigenvalue weighted by Gasteiger charge is -2.20. The van der Waals surface area contributed by atoms with Gasteiger partial charge in [-0.2, -0.15) is 0 Å². The van der Waals surface area contributed by atoms with Crippen molar-refractivity contribution in [2.45, 2.75) is 33.3 Å². The number of Topliss-reactive ketones (excluding diaryl/α,β-unsaturated/α-hetero) is 1. The van der Waals surface area contributed by atoms with Gasteiger partial charge >= 0.3 is 5.97 Å². The number of ether oxygens (including phenoxy) is 1. The standard InChI is InChI=1S/C22H22FNO4/c1-13-5-4-6-19(14(13)2)24-12-17(11-20(24)25)22(27)28-15(3)21(26)16-7-9-18(23)10-8-16/h4-10,15,17H,11-12H2,1-3H3/t15-,17+/m1/s1. The first-order valence-electron chi connectivity index (χ1n) is 9.14. The number of anilines is 1. The Hall–Kier alpha value is -3.02. The third-order valence-corrected chi connectivity index (χ3v) is 5.12. The fraction of sp³-hybridized carbons (Fsp3) is 0.318. The molecular formula is C22H22FNO4. The molecule has 0 saturated carbocycles. The number of ketones is 1. The molecule has 1 aliphatic heterocycles. The van der Waals surface area contributed by atoms with Crippen molar-refractivity contribution in [1.29, 1.82) is 0 Å². The van der Waals surface area contributed by atoms with Gasteiger partial charge in [-0.15, -0.1) is 0 Å². The predicted octanol–water partition coefficient (Wildman–Crippen LogP) is 3.61. The highest BCUT2D eigenvalue weighted by molar-refractivity contribution is 6.02. The average molecular weight is 383 g/mol. The highest BCUT2D eigenvalue weighted by Crippen LogP contribution is 2.30. The van der Waals surface area contributed by atoms with Crippen LogP contribution in [0.4, 0.5) is 10.1 Å². The third kappa shape index (κ3) is 3.96. The molecule has 6 heteroatoms. The van der Waals surface area contributed by atoms with Gasteiger partial charge in [0.05, 0.1) is 5.92 Å². The van der Waals surface area contributed by atoms with E-state index in [1.807, 2.05) is 32.0 Å². The topological polar surface area (TPSA) is 63.7 Å². The summed E-state index contributed by atoms with van der Waals surface area (Å²) in [5.41, 5.74) is 3.11. The normalized spacial score (nSPS) is 17.5. The Bertz CT molecular complexity index is 923. The first-order chi connectivity index (χ1) is 13.3. The van der Waals surface area contributed by atoms with E-state index in [0.29, 0.717) is 0 Å². The van der Waals surface area contributed by atoms with Crippen LogP contribution >= 0.6 is 0 Å². The molecule has 3 rings (SSSR count). The fourth-order valence-corrected chi connectivity index (χ4v) is 3.30. The Balaban J connectivity index is 1.66. The van der Waals surface area contributed by atoms with Gasteiger partial charge < -0.3 is 9.64 Å². The second-order valence-corrected chi connectivity index (χ2v) is 7.07. The Morgan fingerprint density at radius 1 is 1.14 bits per heavy atom. The van der Waals surface area contributed by atoms with Crippen molar-refractivity contribution in [2.24, 2.45) is 5.92 Å². The van der Waals surface area contributed by atoms with E-state index in [9.17, 15) is 18.8 Å². The van der Waals surface area contributed by atoms with E-state index in [4.69, 9.17) is 4.74 Å². The van der Waals surface area contributed by atoms with Crippen molar-refractivity contribution in [3.05, 3.63) is 65.0 Å². The van der Waals surface area contributed by atoms with Crippen LogP contribution in [0.5, 0.6) is 0 Å². The number of hydrogen-bond donors (Lipinski definition) is 0. The van der Waals surface area contributed by atoms with Crippen LogP contribution in [-0.4, -0.2) is 30.3 Å². The monoisotopic (exact) mass is 383 g/mol. The van der Waals surface area contributed by atoms with Crippen molar-refractivity contribution in [3.63, 3.8) is 0 Å². The van der Waals surface area contributed by atoms with Gasteiger partial charge in [0.1, 0.15) is 5.82 Å². The van der Waals surface area contributed by atoms with E-state index in [1.54, 1.807) is 4.90 Å². The summed E-state index contributed by atoms with van der Waals surface area (Å²) in [7, 11) is 0. The molecule has 0 N–H and O–H groups in total. The molecule has 2 atom stereocenters. The molecule has 1 heterocycles. The highest BCUT2D eigenvalue weighted by Gasteiger charge is 2.37. The van der Waals surface area contributed by atoms with E-state index in [2.05, 4.69) is 0 Å². The van der Waals surface area contributed by atoms with Crippen LogP contribution in [0.15, 0.2) is 42.5 Å². The molecule has 2 aromatic rings. The maximum absolute atomic E-state index is 13.0. The maximum atomic E-state index is 13.0. The molecule has 0 aliphatic carbocycles. The Kier molecular flexibility index (Phi) is 5.58. The minimum Gasteiger partial charge on any atom is -0.454 e. The SMILES string of the molecule is Cc1cccc(N2C[C@@H](C(=O)O[C@H](C)C(=O)c3ccc(F)cc3)CC2=O)c1C. The van der Waals surface area contributed by atoms with Crippen molar-refractivity contribution in [1.82, 2.24) is 0 Å². The summed E-state index contributed by atoms with van der Waals surface area (Å²) >= 11 is 0. The number of esters is 1. The van der Waals surface area contributed by atoms with Gasteiger partial charge in [0.25, 0.3) is 0 Å². The molecule has 1 fully saturated rings. The molecule has 1 amide bonds. The summed E-state index contributed by atoms with van der Waals surface area (Å²) in [6.07, 6.45) is -0.966. The molecule has 2 aromatic carbocycles. The van der Waals surface area contributed by atoms with E-state index in [1.165, 1.54) is 31.2 Å². The number of halogens is 1. The molecule has 0 bridgehead atoms. The summed E-state index contributed by atoms with van der Waals surface area (Å²) in [5.74, 6) is -2.21. The van der Waals surface area contributed by atoms with E-state index < -0.39 is 29.6 Å². The van der Waals surface area contributed by atoms with E-state index in [-0.39, 0.29) is 24.4 Å². The van der Waals surface area contributed by atoms with Crippen molar-refractivity contribution in [2.75, 3.05) is 11.4 Å². The first-order valence-corrected chi connectivity index (χ1v) is 9.14. The lowest BCUT2D eigenvalue weighted by molar-refractivity contribution is -0.151. The van der Waals surface area contributed by atoms with Crippen LogP contribution in [0.2, 0.25) is 0 Å². The average Bonchev–Trinajstić information content (AvgIpc) is 3.05. The van der Waals surface area contributed by atoms with Gasteiger partial charge in [0, 0.05) is 24.2 Å². The molecule has 1 saturated heterocycles. The largest absolute Gasteiger partial charge is 0.454 e. The van der Waals surface area contributed by atoms with Gasteiger partial charge in [0.15, 0.2) is 6.10 Å². The van der Waals surface area contributed by atoms with Gasteiger partial charge in [-0.1, -0.05) is 12.1 Å². The summed E-state index contributed by atoms with van der Waals surface area (Å²) in [4.78, 5) is 38.9. The van der Waals surface area contributed by atoms with Crippen LogP contribution in [0.3, 0.4) is 0 Å². The fourth-order valence-electron chi connectivity index (χ4n) is 3.30. The van der Waals surface area contributed by atoms with E-state index in [0.717, 1.165) is 16.8 Å². The zero-order chi connectivity index (χ0) is 20.4. The summed E-state index contributed by atoms with van der Waals surface area (Å²) in [6.45, 7) is 5.60. The van der Waals surface area contributed by atoms with Crippen LogP contribution < -0.4 is 4.90 Å². The lowest BCUT2D eigenvalue weighted by Crippen LogP contribution is -2.30. The Morgan fingerprint density at radius 3 is 2.50 bits per heavy atom. The lowest BCUT2D eigenvalue weighted by atomic mass is 10.1.